The Kier molecular flexibility index (Phi) is 4.91. The maximum Gasteiger partial charge on any atom is 0.103 e. The lowest BCUT2D eigenvalue weighted by molar-refractivity contribution is 0.390. The highest BCUT2D eigenvalue weighted by molar-refractivity contribution is 6.03. The quantitative estimate of drug-likeness (QED) is 0.433. The summed E-state index contributed by atoms with van der Waals surface area (Å²) in [5.74, 6) is 0. The Labute approximate surface area is 167 Å². The fourth-order valence-corrected chi connectivity index (χ4v) is 3.45. The number of benzene rings is 3. The van der Waals surface area contributed by atoms with Gasteiger partial charge >= 0.3 is 0 Å². The van der Waals surface area contributed by atoms with Crippen molar-refractivity contribution in [3.05, 3.63) is 78.9 Å². The molecule has 0 fully saturated rings. The number of para-hydroxylation sites is 1. The molecule has 0 aliphatic rings. The minimum atomic E-state index is 0.303. The van der Waals surface area contributed by atoms with E-state index in [-0.39, 0.29) is 0 Å². The first-order valence-corrected chi connectivity index (χ1v) is 9.89. The normalized spacial score (nSPS) is 11.7. The highest BCUT2D eigenvalue weighted by Gasteiger charge is 2.17. The van der Waals surface area contributed by atoms with E-state index >= 15 is 0 Å². The lowest BCUT2D eigenvalue weighted by Gasteiger charge is -2.19. The third kappa shape index (κ3) is 3.79. The summed E-state index contributed by atoms with van der Waals surface area (Å²) in [6.45, 7) is 7.77. The van der Waals surface area contributed by atoms with E-state index in [2.05, 4.69) is 92.8 Å². The summed E-state index contributed by atoms with van der Waals surface area (Å²) < 4.78 is 2.05. The summed E-state index contributed by atoms with van der Waals surface area (Å²) in [5.41, 5.74) is 5.78. The molecule has 0 amide bonds. The summed E-state index contributed by atoms with van der Waals surface area (Å²) in [4.78, 5) is 0. The summed E-state index contributed by atoms with van der Waals surface area (Å²) >= 11 is 0. The first kappa shape index (κ1) is 18.3. The number of aromatic nitrogens is 2. The maximum atomic E-state index is 5.02. The van der Waals surface area contributed by atoms with Crippen LogP contribution >= 0.6 is 0 Å². The molecule has 0 atom stereocenters. The zero-order valence-corrected chi connectivity index (χ0v) is 16.8. The van der Waals surface area contributed by atoms with E-state index in [4.69, 9.17) is 5.10 Å². The molecule has 0 saturated heterocycles. The Morgan fingerprint density at radius 3 is 2.18 bits per heavy atom. The molecule has 142 valence electrons. The molecule has 0 unspecified atom stereocenters. The molecule has 0 radical (unpaired) electrons. The standard InChI is InChI=1S/C25H27N3/c1-25(2,3)17-18-26-21-15-10-16-22-23(21)24(19-11-6-4-7-12-19)27-28(22)20-13-8-5-9-14-20/h4-16,26H,17-18H2,1-3H3. The molecule has 28 heavy (non-hydrogen) atoms. The average Bonchev–Trinajstić information content (AvgIpc) is 3.09. The molecule has 0 aliphatic heterocycles. The van der Waals surface area contributed by atoms with Gasteiger partial charge in [0.25, 0.3) is 0 Å². The SMILES string of the molecule is CC(C)(C)CCNc1cccc2c1c(-c1ccccc1)nn2-c1ccccc1. The van der Waals surface area contributed by atoms with Crippen molar-refractivity contribution >= 4 is 16.6 Å². The van der Waals surface area contributed by atoms with Gasteiger partial charge in [0.2, 0.25) is 0 Å². The van der Waals surface area contributed by atoms with Crippen molar-refractivity contribution in [3.63, 3.8) is 0 Å². The van der Waals surface area contributed by atoms with Crippen LogP contribution in [0, 0.1) is 5.41 Å². The lowest BCUT2D eigenvalue weighted by atomic mass is 9.92. The fourth-order valence-electron chi connectivity index (χ4n) is 3.45. The Hall–Kier alpha value is -3.07. The second-order valence-corrected chi connectivity index (χ2v) is 8.40. The molecule has 1 aromatic heterocycles. The summed E-state index contributed by atoms with van der Waals surface area (Å²) in [7, 11) is 0. The Morgan fingerprint density at radius 1 is 0.821 bits per heavy atom. The van der Waals surface area contributed by atoms with Crippen molar-refractivity contribution in [2.75, 3.05) is 11.9 Å². The van der Waals surface area contributed by atoms with Crippen LogP contribution in [0.1, 0.15) is 27.2 Å². The van der Waals surface area contributed by atoms with Crippen molar-refractivity contribution in [2.24, 2.45) is 5.41 Å². The van der Waals surface area contributed by atoms with Gasteiger partial charge in [0, 0.05) is 17.8 Å². The monoisotopic (exact) mass is 369 g/mol. The van der Waals surface area contributed by atoms with Gasteiger partial charge in [-0.05, 0) is 36.1 Å². The average molecular weight is 370 g/mol. The minimum Gasteiger partial charge on any atom is -0.384 e. The first-order chi connectivity index (χ1) is 13.5. The van der Waals surface area contributed by atoms with E-state index in [1.807, 2.05) is 16.8 Å². The molecular formula is C25H27N3. The van der Waals surface area contributed by atoms with Crippen LogP contribution in [0.2, 0.25) is 0 Å². The van der Waals surface area contributed by atoms with Crippen LogP contribution in [0.5, 0.6) is 0 Å². The minimum absolute atomic E-state index is 0.303. The number of anilines is 1. The lowest BCUT2D eigenvalue weighted by Crippen LogP contribution is -2.12. The largest absolute Gasteiger partial charge is 0.384 e. The van der Waals surface area contributed by atoms with Gasteiger partial charge < -0.3 is 5.32 Å². The summed E-state index contributed by atoms with van der Waals surface area (Å²) in [5, 5.41) is 9.86. The van der Waals surface area contributed by atoms with Crippen LogP contribution in [-0.4, -0.2) is 16.3 Å². The van der Waals surface area contributed by atoms with Crippen molar-refractivity contribution in [1.29, 1.82) is 0 Å². The predicted molar refractivity (Wildman–Crippen MR) is 119 cm³/mol. The fraction of sp³-hybridized carbons (Fsp3) is 0.240. The molecule has 0 aliphatic carbocycles. The van der Waals surface area contributed by atoms with Crippen molar-refractivity contribution < 1.29 is 0 Å². The number of hydrogen-bond acceptors (Lipinski definition) is 2. The first-order valence-electron chi connectivity index (χ1n) is 9.89. The van der Waals surface area contributed by atoms with Crippen molar-refractivity contribution in [3.8, 4) is 16.9 Å². The second-order valence-electron chi connectivity index (χ2n) is 8.40. The molecule has 1 heterocycles. The Balaban J connectivity index is 1.86. The van der Waals surface area contributed by atoms with Gasteiger partial charge in [-0.2, -0.15) is 5.10 Å². The van der Waals surface area contributed by atoms with Crippen LogP contribution in [0.15, 0.2) is 78.9 Å². The van der Waals surface area contributed by atoms with Gasteiger partial charge in [0.05, 0.1) is 16.6 Å². The van der Waals surface area contributed by atoms with Gasteiger partial charge in [-0.1, -0.05) is 75.4 Å². The van der Waals surface area contributed by atoms with E-state index in [0.717, 1.165) is 41.1 Å². The number of rotatable bonds is 5. The maximum absolute atomic E-state index is 5.02. The zero-order valence-electron chi connectivity index (χ0n) is 16.8. The second kappa shape index (κ2) is 7.51. The highest BCUT2D eigenvalue weighted by atomic mass is 15.3. The van der Waals surface area contributed by atoms with Crippen LogP contribution in [-0.2, 0) is 0 Å². The van der Waals surface area contributed by atoms with Gasteiger partial charge in [0.1, 0.15) is 5.69 Å². The van der Waals surface area contributed by atoms with Crippen LogP contribution in [0.3, 0.4) is 0 Å². The number of fused-ring (bicyclic) bond motifs is 1. The van der Waals surface area contributed by atoms with E-state index in [1.165, 1.54) is 5.39 Å². The molecule has 4 rings (SSSR count). The molecule has 0 bridgehead atoms. The van der Waals surface area contributed by atoms with Crippen LogP contribution < -0.4 is 5.32 Å². The highest BCUT2D eigenvalue weighted by Crippen LogP contribution is 2.35. The third-order valence-electron chi connectivity index (χ3n) is 4.95. The van der Waals surface area contributed by atoms with Crippen LogP contribution in [0.4, 0.5) is 5.69 Å². The summed E-state index contributed by atoms with van der Waals surface area (Å²) in [6.07, 6.45) is 1.11. The van der Waals surface area contributed by atoms with E-state index < -0.39 is 0 Å². The topological polar surface area (TPSA) is 29.9 Å². The molecule has 0 saturated carbocycles. The van der Waals surface area contributed by atoms with Crippen molar-refractivity contribution in [1.82, 2.24) is 9.78 Å². The van der Waals surface area contributed by atoms with Crippen LogP contribution in [0.25, 0.3) is 27.8 Å². The van der Waals surface area contributed by atoms with Gasteiger partial charge in [-0.25, -0.2) is 4.68 Å². The van der Waals surface area contributed by atoms with Gasteiger partial charge in [-0.3, -0.25) is 0 Å². The zero-order chi connectivity index (χ0) is 19.6. The van der Waals surface area contributed by atoms with E-state index in [1.54, 1.807) is 0 Å². The molecule has 3 heteroatoms. The Bertz CT molecular complexity index is 1060. The summed E-state index contributed by atoms with van der Waals surface area (Å²) in [6, 6.07) is 27.2. The van der Waals surface area contributed by atoms with E-state index in [0.29, 0.717) is 5.41 Å². The molecule has 4 aromatic rings. The molecule has 3 aromatic carbocycles. The number of nitrogens with zero attached hydrogens (tertiary/aromatic N) is 2. The molecule has 0 spiro atoms. The van der Waals surface area contributed by atoms with Gasteiger partial charge in [0.15, 0.2) is 0 Å². The Morgan fingerprint density at radius 2 is 1.50 bits per heavy atom. The number of hydrogen-bond donors (Lipinski definition) is 1. The molecule has 1 N–H and O–H groups in total. The predicted octanol–water partition coefficient (Wildman–Crippen LogP) is 6.54. The molecule has 3 nitrogen and oxygen atoms in total. The van der Waals surface area contributed by atoms with E-state index in [9.17, 15) is 0 Å². The smallest absolute Gasteiger partial charge is 0.103 e. The number of nitrogens with one attached hydrogen (secondary N) is 1. The third-order valence-corrected chi connectivity index (χ3v) is 4.95. The van der Waals surface area contributed by atoms with Crippen molar-refractivity contribution in [2.45, 2.75) is 27.2 Å². The van der Waals surface area contributed by atoms with Gasteiger partial charge in [-0.15, -0.1) is 0 Å². The molecular weight excluding hydrogens is 342 g/mol.